The van der Waals surface area contributed by atoms with E-state index in [0.29, 0.717) is 0 Å². The van der Waals surface area contributed by atoms with Crippen LogP contribution < -0.4 is 0 Å². The molecule has 0 radical (unpaired) electrons. The highest BCUT2D eigenvalue weighted by atomic mass is 32.2. The number of aryl methyl sites for hydroxylation is 1. The summed E-state index contributed by atoms with van der Waals surface area (Å²) >= 11 is 0. The summed E-state index contributed by atoms with van der Waals surface area (Å²) in [5.74, 6) is -1.19. The van der Waals surface area contributed by atoms with Gasteiger partial charge in [-0.3, -0.25) is 0 Å². The number of carbonyl (C=O) groups excluding carboxylic acids is 1. The summed E-state index contributed by atoms with van der Waals surface area (Å²) in [5.41, 5.74) is 0.403. The van der Waals surface area contributed by atoms with E-state index in [2.05, 4.69) is 4.74 Å². The molecule has 2 aromatic rings. The Balaban J connectivity index is 2.27. The molecule has 0 unspecified atom stereocenters. The lowest BCUT2D eigenvalue weighted by Crippen LogP contribution is -2.26. The summed E-state index contributed by atoms with van der Waals surface area (Å²) in [5, 5.41) is 0. The highest BCUT2D eigenvalue weighted by Crippen LogP contribution is 2.36. The third-order valence-electron chi connectivity index (χ3n) is 3.42. The maximum absolute atomic E-state index is 13.2. The first-order valence-corrected chi connectivity index (χ1v) is 9.02. The van der Waals surface area contributed by atoms with Gasteiger partial charge in [-0.15, -0.1) is 0 Å². The molecular weight excluding hydrogens is 357 g/mol. The number of esters is 1. The summed E-state index contributed by atoms with van der Waals surface area (Å²) < 4.78 is 67.1. The fourth-order valence-corrected chi connectivity index (χ4v) is 2.71. The van der Waals surface area contributed by atoms with Gasteiger partial charge in [-0.25, -0.2) is 13.2 Å². The Hall–Kier alpha value is -2.35. The number of carbonyl (C=O) groups is 1. The second-order valence-electron chi connectivity index (χ2n) is 5.53. The summed E-state index contributed by atoms with van der Waals surface area (Å²) in [6, 6.07) is 9.97. The van der Waals surface area contributed by atoms with E-state index in [1.165, 1.54) is 24.3 Å². The van der Waals surface area contributed by atoms with Crippen molar-refractivity contribution in [1.29, 1.82) is 0 Å². The summed E-state index contributed by atoms with van der Waals surface area (Å²) in [4.78, 5) is 12.0. The molecule has 0 amide bonds. The molecule has 0 fully saturated rings. The van der Waals surface area contributed by atoms with Crippen molar-refractivity contribution in [3.05, 3.63) is 65.2 Å². The minimum atomic E-state index is -4.78. The Bertz CT molecular complexity index is 854. The van der Waals surface area contributed by atoms with Crippen molar-refractivity contribution < 1.29 is 31.1 Å². The lowest BCUT2D eigenvalue weighted by atomic mass is 10.1. The van der Waals surface area contributed by atoms with Crippen LogP contribution in [-0.2, 0) is 14.6 Å². The van der Waals surface area contributed by atoms with Gasteiger partial charge in [0.15, 0.2) is 9.84 Å². The minimum absolute atomic E-state index is 0.0463. The maximum Gasteiger partial charge on any atom is 0.429 e. The molecule has 2 aromatic carbocycles. The summed E-state index contributed by atoms with van der Waals surface area (Å²) in [6.45, 7) is 1.72. The number of benzene rings is 2. The number of alkyl halides is 3. The number of ether oxygens (including phenoxy) is 1. The fourth-order valence-electron chi connectivity index (χ4n) is 2.08. The Labute approximate surface area is 143 Å². The van der Waals surface area contributed by atoms with E-state index < -0.39 is 28.1 Å². The quantitative estimate of drug-likeness (QED) is 0.765. The van der Waals surface area contributed by atoms with E-state index >= 15 is 0 Å². The molecule has 0 aromatic heterocycles. The van der Waals surface area contributed by atoms with Crippen molar-refractivity contribution in [2.45, 2.75) is 24.1 Å². The van der Waals surface area contributed by atoms with Crippen LogP contribution in [0.15, 0.2) is 53.4 Å². The molecule has 0 saturated carbocycles. The highest BCUT2D eigenvalue weighted by Gasteiger charge is 2.44. The summed E-state index contributed by atoms with van der Waals surface area (Å²) in [6.07, 6.45) is -6.20. The second kappa shape index (κ2) is 6.87. The number of halogens is 3. The minimum Gasteiger partial charge on any atom is -0.444 e. The largest absolute Gasteiger partial charge is 0.444 e. The standard InChI is InChI=1S/C17H15F3O4S/c1-11-3-5-12(6-4-11)15(17(18,19)20)24-16(21)13-7-9-14(10-8-13)25(2,22)23/h3-10,15H,1-2H3/t15-/m1/s1. The molecule has 4 nitrogen and oxygen atoms in total. The molecule has 0 aliphatic rings. The average Bonchev–Trinajstić information content (AvgIpc) is 2.51. The van der Waals surface area contributed by atoms with Crippen LogP contribution in [-0.4, -0.2) is 26.8 Å². The third-order valence-corrected chi connectivity index (χ3v) is 4.55. The predicted octanol–water partition coefficient (Wildman–Crippen LogP) is 3.86. The summed E-state index contributed by atoms with van der Waals surface area (Å²) in [7, 11) is -3.47. The molecule has 0 aliphatic heterocycles. The Morgan fingerprint density at radius 1 is 1.00 bits per heavy atom. The van der Waals surface area contributed by atoms with Crippen molar-refractivity contribution in [3.8, 4) is 0 Å². The van der Waals surface area contributed by atoms with E-state index in [-0.39, 0.29) is 16.0 Å². The molecular formula is C17H15F3O4S. The zero-order valence-electron chi connectivity index (χ0n) is 13.4. The molecule has 1 atom stereocenters. The molecule has 0 spiro atoms. The molecule has 25 heavy (non-hydrogen) atoms. The van der Waals surface area contributed by atoms with Crippen LogP contribution in [0, 0.1) is 6.92 Å². The van der Waals surface area contributed by atoms with Crippen LogP contribution in [0.1, 0.15) is 27.6 Å². The van der Waals surface area contributed by atoms with E-state index in [1.54, 1.807) is 6.92 Å². The molecule has 0 aliphatic carbocycles. The van der Waals surface area contributed by atoms with Gasteiger partial charge < -0.3 is 4.74 Å². The van der Waals surface area contributed by atoms with Crippen molar-refractivity contribution in [2.24, 2.45) is 0 Å². The third kappa shape index (κ3) is 4.82. The lowest BCUT2D eigenvalue weighted by Gasteiger charge is -2.21. The first-order chi connectivity index (χ1) is 11.5. The molecule has 2 rings (SSSR count). The smallest absolute Gasteiger partial charge is 0.429 e. The van der Waals surface area contributed by atoms with Crippen molar-refractivity contribution in [1.82, 2.24) is 0 Å². The predicted molar refractivity (Wildman–Crippen MR) is 84.9 cm³/mol. The lowest BCUT2D eigenvalue weighted by molar-refractivity contribution is -0.207. The van der Waals surface area contributed by atoms with Crippen LogP contribution in [0.25, 0.3) is 0 Å². The Morgan fingerprint density at radius 2 is 1.52 bits per heavy atom. The molecule has 8 heteroatoms. The zero-order valence-corrected chi connectivity index (χ0v) is 14.2. The SMILES string of the molecule is Cc1ccc([C@@H](OC(=O)c2ccc(S(C)(=O)=O)cc2)C(F)(F)F)cc1. The topological polar surface area (TPSA) is 60.4 Å². The van der Waals surface area contributed by atoms with Gasteiger partial charge in [-0.05, 0) is 31.2 Å². The van der Waals surface area contributed by atoms with Gasteiger partial charge in [0.05, 0.1) is 10.5 Å². The number of hydrogen-bond donors (Lipinski definition) is 0. The van der Waals surface area contributed by atoms with E-state index in [4.69, 9.17) is 0 Å². The first kappa shape index (κ1) is 19.0. The first-order valence-electron chi connectivity index (χ1n) is 7.13. The number of rotatable bonds is 4. The molecule has 0 heterocycles. The van der Waals surface area contributed by atoms with Gasteiger partial charge in [-0.1, -0.05) is 29.8 Å². The van der Waals surface area contributed by atoms with E-state index in [0.717, 1.165) is 36.1 Å². The number of sulfone groups is 1. The van der Waals surface area contributed by atoms with Gasteiger partial charge >= 0.3 is 12.1 Å². The van der Waals surface area contributed by atoms with Gasteiger partial charge in [-0.2, -0.15) is 13.2 Å². The van der Waals surface area contributed by atoms with Gasteiger partial charge in [0, 0.05) is 11.8 Å². The van der Waals surface area contributed by atoms with Crippen LogP contribution in [0.2, 0.25) is 0 Å². The zero-order chi connectivity index (χ0) is 18.8. The van der Waals surface area contributed by atoms with E-state index in [9.17, 15) is 26.4 Å². The van der Waals surface area contributed by atoms with Crippen molar-refractivity contribution in [3.63, 3.8) is 0 Å². The van der Waals surface area contributed by atoms with Crippen molar-refractivity contribution >= 4 is 15.8 Å². The maximum atomic E-state index is 13.2. The molecule has 134 valence electrons. The van der Waals surface area contributed by atoms with Crippen LogP contribution in [0.4, 0.5) is 13.2 Å². The average molecular weight is 372 g/mol. The van der Waals surface area contributed by atoms with Crippen LogP contribution in [0.5, 0.6) is 0 Å². The van der Waals surface area contributed by atoms with Crippen LogP contribution in [0.3, 0.4) is 0 Å². The van der Waals surface area contributed by atoms with Gasteiger partial charge in [0.2, 0.25) is 6.10 Å². The Morgan fingerprint density at radius 3 is 1.96 bits per heavy atom. The molecule has 0 N–H and O–H groups in total. The Kier molecular flexibility index (Phi) is 5.22. The number of hydrogen-bond acceptors (Lipinski definition) is 4. The normalized spacial score (nSPS) is 13.3. The highest BCUT2D eigenvalue weighted by molar-refractivity contribution is 7.90. The van der Waals surface area contributed by atoms with Gasteiger partial charge in [0.25, 0.3) is 0 Å². The van der Waals surface area contributed by atoms with E-state index in [1.807, 2.05) is 0 Å². The fraction of sp³-hybridized carbons (Fsp3) is 0.235. The molecule has 0 saturated heterocycles. The monoisotopic (exact) mass is 372 g/mol. The second-order valence-corrected chi connectivity index (χ2v) is 7.55. The van der Waals surface area contributed by atoms with Gasteiger partial charge in [0.1, 0.15) is 0 Å². The molecule has 0 bridgehead atoms. The van der Waals surface area contributed by atoms with Crippen molar-refractivity contribution in [2.75, 3.05) is 6.26 Å². The van der Waals surface area contributed by atoms with Crippen LogP contribution >= 0.6 is 0 Å².